The molecular formula is C17H12N4O2S. The predicted octanol–water partition coefficient (Wildman–Crippen LogP) is 4.15. The van der Waals surface area contributed by atoms with Gasteiger partial charge in [0.25, 0.3) is 5.69 Å². The highest BCUT2D eigenvalue weighted by atomic mass is 32.1. The molecule has 0 bridgehead atoms. The van der Waals surface area contributed by atoms with Gasteiger partial charge in [-0.1, -0.05) is 12.1 Å². The summed E-state index contributed by atoms with van der Waals surface area (Å²) >= 11 is 1.51. The van der Waals surface area contributed by atoms with E-state index in [1.54, 1.807) is 18.2 Å². The van der Waals surface area contributed by atoms with Crippen LogP contribution in [-0.4, -0.2) is 9.91 Å². The average molecular weight is 336 g/mol. The molecule has 0 unspecified atom stereocenters. The van der Waals surface area contributed by atoms with Crippen LogP contribution in [-0.2, 0) is 0 Å². The van der Waals surface area contributed by atoms with E-state index in [-0.39, 0.29) is 11.5 Å². The number of nitro benzene ring substituents is 1. The molecule has 6 nitrogen and oxygen atoms in total. The lowest BCUT2D eigenvalue weighted by Gasteiger charge is -2.09. The Bertz CT molecular complexity index is 988. The number of non-ortho nitro benzene ring substituents is 1. The maximum absolute atomic E-state index is 11.0. The van der Waals surface area contributed by atoms with E-state index in [1.807, 2.05) is 18.4 Å². The third-order valence-electron chi connectivity index (χ3n) is 3.62. The standard InChI is InChI=1S/C17H12N4O2S/c1-10-5-6-24-16(10)13-8-15(20-17(19)14(13)9-18)11-3-2-4-12(7-11)21(22)23/h2-8H,1H3,(H2,19,20). The molecule has 0 atom stereocenters. The molecule has 0 radical (unpaired) electrons. The second-order valence-electron chi connectivity index (χ2n) is 5.17. The zero-order valence-corrected chi connectivity index (χ0v) is 13.5. The molecule has 2 N–H and O–H groups in total. The van der Waals surface area contributed by atoms with E-state index in [1.165, 1.54) is 23.5 Å². The number of thiophene rings is 1. The fourth-order valence-electron chi connectivity index (χ4n) is 2.44. The van der Waals surface area contributed by atoms with Crippen LogP contribution in [0.1, 0.15) is 11.1 Å². The molecule has 0 amide bonds. The number of hydrogen-bond acceptors (Lipinski definition) is 6. The second-order valence-corrected chi connectivity index (χ2v) is 6.08. The first-order valence-corrected chi connectivity index (χ1v) is 7.89. The van der Waals surface area contributed by atoms with Crippen molar-refractivity contribution in [2.24, 2.45) is 0 Å². The summed E-state index contributed by atoms with van der Waals surface area (Å²) in [6.07, 6.45) is 0. The first-order valence-electron chi connectivity index (χ1n) is 7.01. The number of nitro groups is 1. The largest absolute Gasteiger partial charge is 0.383 e. The summed E-state index contributed by atoms with van der Waals surface area (Å²) in [7, 11) is 0. The minimum atomic E-state index is -0.458. The number of rotatable bonds is 3. The van der Waals surface area contributed by atoms with Crippen LogP contribution in [0.25, 0.3) is 21.7 Å². The van der Waals surface area contributed by atoms with Gasteiger partial charge in [-0.25, -0.2) is 4.98 Å². The van der Waals surface area contributed by atoms with Crippen LogP contribution < -0.4 is 5.73 Å². The monoisotopic (exact) mass is 336 g/mol. The lowest BCUT2D eigenvalue weighted by Crippen LogP contribution is -2.00. The molecule has 0 saturated heterocycles. The molecule has 1 aromatic carbocycles. The molecule has 0 fully saturated rings. The van der Waals surface area contributed by atoms with Crippen molar-refractivity contribution in [3.8, 4) is 27.8 Å². The smallest absolute Gasteiger partial charge is 0.270 e. The molecule has 0 spiro atoms. The summed E-state index contributed by atoms with van der Waals surface area (Å²) in [6.45, 7) is 1.95. The number of nitrogens with zero attached hydrogens (tertiary/aromatic N) is 3. The Kier molecular flexibility index (Phi) is 3.98. The molecular weight excluding hydrogens is 324 g/mol. The van der Waals surface area contributed by atoms with Crippen LogP contribution in [0, 0.1) is 28.4 Å². The number of aromatic nitrogens is 1. The molecule has 24 heavy (non-hydrogen) atoms. The molecule has 0 aliphatic carbocycles. The topological polar surface area (TPSA) is 106 Å². The summed E-state index contributed by atoms with van der Waals surface area (Å²) in [5.41, 5.74) is 9.06. The van der Waals surface area contributed by atoms with E-state index in [0.29, 0.717) is 22.4 Å². The Morgan fingerprint density at radius 2 is 2.12 bits per heavy atom. The number of nitrogen functional groups attached to an aromatic ring is 1. The summed E-state index contributed by atoms with van der Waals surface area (Å²) in [4.78, 5) is 15.7. The quantitative estimate of drug-likeness (QED) is 0.571. The Morgan fingerprint density at radius 3 is 2.75 bits per heavy atom. The lowest BCUT2D eigenvalue weighted by atomic mass is 10.0. The van der Waals surface area contributed by atoms with Gasteiger partial charge in [0.2, 0.25) is 0 Å². The molecule has 0 aliphatic heterocycles. The van der Waals surface area contributed by atoms with E-state index in [2.05, 4.69) is 11.1 Å². The summed E-state index contributed by atoms with van der Waals surface area (Å²) < 4.78 is 0. The average Bonchev–Trinajstić information content (AvgIpc) is 3.00. The van der Waals surface area contributed by atoms with Gasteiger partial charge in [0.15, 0.2) is 0 Å². The van der Waals surface area contributed by atoms with E-state index in [4.69, 9.17) is 5.73 Å². The molecule has 3 rings (SSSR count). The third-order valence-corrected chi connectivity index (χ3v) is 4.67. The maximum Gasteiger partial charge on any atom is 0.270 e. The third kappa shape index (κ3) is 2.71. The Hall–Kier alpha value is -3.24. The fraction of sp³-hybridized carbons (Fsp3) is 0.0588. The van der Waals surface area contributed by atoms with Gasteiger partial charge in [-0.3, -0.25) is 10.1 Å². The van der Waals surface area contributed by atoms with Crippen LogP contribution in [0.4, 0.5) is 11.5 Å². The van der Waals surface area contributed by atoms with Crippen molar-refractivity contribution < 1.29 is 4.92 Å². The number of nitrogens with two attached hydrogens (primary N) is 1. The van der Waals surface area contributed by atoms with Crippen molar-refractivity contribution in [3.63, 3.8) is 0 Å². The zero-order valence-electron chi connectivity index (χ0n) is 12.7. The van der Waals surface area contributed by atoms with Gasteiger partial charge in [-0.05, 0) is 30.0 Å². The van der Waals surface area contributed by atoms with Crippen LogP contribution >= 0.6 is 11.3 Å². The molecule has 118 valence electrons. The van der Waals surface area contributed by atoms with Crippen LogP contribution in [0.5, 0.6) is 0 Å². The van der Waals surface area contributed by atoms with Gasteiger partial charge in [-0.15, -0.1) is 11.3 Å². The van der Waals surface area contributed by atoms with Crippen LogP contribution in [0.15, 0.2) is 41.8 Å². The number of benzene rings is 1. The normalized spacial score (nSPS) is 10.3. The van der Waals surface area contributed by atoms with Crippen molar-refractivity contribution in [1.29, 1.82) is 5.26 Å². The lowest BCUT2D eigenvalue weighted by molar-refractivity contribution is -0.384. The molecule has 2 heterocycles. The van der Waals surface area contributed by atoms with Crippen molar-refractivity contribution >= 4 is 22.8 Å². The molecule has 3 aromatic rings. The summed E-state index contributed by atoms with van der Waals surface area (Å²) in [5.74, 6) is 0.115. The van der Waals surface area contributed by atoms with Crippen molar-refractivity contribution in [1.82, 2.24) is 4.98 Å². The van der Waals surface area contributed by atoms with Crippen molar-refractivity contribution in [3.05, 3.63) is 63.0 Å². The van der Waals surface area contributed by atoms with E-state index in [0.717, 1.165) is 10.4 Å². The number of pyridine rings is 1. The first-order chi connectivity index (χ1) is 11.5. The molecule has 7 heteroatoms. The number of nitriles is 1. The minimum Gasteiger partial charge on any atom is -0.383 e. The van der Waals surface area contributed by atoms with Gasteiger partial charge in [0.1, 0.15) is 17.5 Å². The Balaban J connectivity index is 2.23. The van der Waals surface area contributed by atoms with Crippen LogP contribution in [0.2, 0.25) is 0 Å². The predicted molar refractivity (Wildman–Crippen MR) is 93.5 cm³/mol. The molecule has 0 aliphatic rings. The molecule has 0 saturated carbocycles. The van der Waals surface area contributed by atoms with Gasteiger partial charge in [0, 0.05) is 28.1 Å². The van der Waals surface area contributed by atoms with Gasteiger partial charge in [-0.2, -0.15) is 5.26 Å². The minimum absolute atomic E-state index is 0.0221. The number of hydrogen-bond donors (Lipinski definition) is 1. The van der Waals surface area contributed by atoms with E-state index < -0.39 is 4.92 Å². The Labute approximate surface area is 142 Å². The zero-order chi connectivity index (χ0) is 17.3. The SMILES string of the molecule is Cc1ccsc1-c1cc(-c2cccc([N+](=O)[O-])c2)nc(N)c1C#N. The highest BCUT2D eigenvalue weighted by Gasteiger charge is 2.17. The first kappa shape index (κ1) is 15.6. The fourth-order valence-corrected chi connectivity index (χ4v) is 3.39. The number of anilines is 1. The van der Waals surface area contributed by atoms with Gasteiger partial charge < -0.3 is 5.73 Å². The molecule has 2 aromatic heterocycles. The second kappa shape index (κ2) is 6.10. The highest BCUT2D eigenvalue weighted by molar-refractivity contribution is 7.13. The van der Waals surface area contributed by atoms with Gasteiger partial charge >= 0.3 is 0 Å². The van der Waals surface area contributed by atoms with Gasteiger partial charge in [0.05, 0.1) is 10.6 Å². The highest BCUT2D eigenvalue weighted by Crippen LogP contribution is 2.36. The summed E-state index contributed by atoms with van der Waals surface area (Å²) in [6, 6.07) is 12.0. The van der Waals surface area contributed by atoms with Crippen molar-refractivity contribution in [2.75, 3.05) is 5.73 Å². The van der Waals surface area contributed by atoms with Crippen LogP contribution in [0.3, 0.4) is 0 Å². The van der Waals surface area contributed by atoms with Crippen molar-refractivity contribution in [2.45, 2.75) is 6.92 Å². The maximum atomic E-state index is 11.0. The number of aryl methyl sites for hydroxylation is 1. The summed E-state index contributed by atoms with van der Waals surface area (Å²) in [5, 5.41) is 22.3. The Morgan fingerprint density at radius 1 is 1.33 bits per heavy atom. The van der Waals surface area contributed by atoms with E-state index in [9.17, 15) is 15.4 Å². The van der Waals surface area contributed by atoms with E-state index >= 15 is 0 Å².